The molecule has 0 amide bonds. The van der Waals surface area contributed by atoms with Crippen LogP contribution in [0, 0.1) is 0 Å². The van der Waals surface area contributed by atoms with Crippen LogP contribution in [0.5, 0.6) is 0 Å². The van der Waals surface area contributed by atoms with Gasteiger partial charge in [0.15, 0.2) is 15.8 Å². The number of hydrogen-bond donors (Lipinski definition) is 2. The normalized spacial score (nSPS) is 24.4. The zero-order valence-corrected chi connectivity index (χ0v) is 16.5. The molecule has 0 bridgehead atoms. The van der Waals surface area contributed by atoms with Gasteiger partial charge in [-0.2, -0.15) is 0 Å². The molecule has 0 aromatic rings. The summed E-state index contributed by atoms with van der Waals surface area (Å²) in [5.41, 5.74) is 0. The predicted octanol–water partition coefficient (Wildman–Crippen LogP) is 2.25. The molecule has 0 spiro atoms. The third-order valence-electron chi connectivity index (χ3n) is 4.90. The second kappa shape index (κ2) is 11.0. The molecule has 25 heavy (non-hydrogen) atoms. The quantitative estimate of drug-likeness (QED) is 0.368. The molecule has 1 aliphatic heterocycles. The molecule has 1 unspecified atom stereocenters. The number of guanidine groups is 1. The summed E-state index contributed by atoms with van der Waals surface area (Å²) in [7, 11) is -2.86. The summed E-state index contributed by atoms with van der Waals surface area (Å²) >= 11 is 0. The molecule has 7 heteroatoms. The van der Waals surface area contributed by atoms with Gasteiger partial charge in [0.2, 0.25) is 0 Å². The Hall–Kier alpha value is -0.820. The standard InChI is InChI=1S/C18H35N3O3S/c1-2-19-18(21-16-11-14-25(22,23)15-16)20-12-7-4-8-13-24-17-9-5-3-6-10-17/h16-17H,2-15H2,1H3,(H2,19,20,21). The fraction of sp³-hybridized carbons (Fsp3) is 0.944. The Morgan fingerprint density at radius 3 is 2.60 bits per heavy atom. The van der Waals surface area contributed by atoms with Crippen LogP contribution >= 0.6 is 0 Å². The second-order valence-corrected chi connectivity index (χ2v) is 9.43. The van der Waals surface area contributed by atoms with Crippen molar-refractivity contribution in [1.29, 1.82) is 0 Å². The van der Waals surface area contributed by atoms with Crippen molar-refractivity contribution < 1.29 is 13.2 Å². The minimum Gasteiger partial charge on any atom is -0.378 e. The lowest BCUT2D eigenvalue weighted by Gasteiger charge is -2.21. The Labute approximate surface area is 153 Å². The van der Waals surface area contributed by atoms with Gasteiger partial charge in [-0.05, 0) is 45.4 Å². The van der Waals surface area contributed by atoms with Crippen molar-refractivity contribution in [2.24, 2.45) is 4.99 Å². The topological polar surface area (TPSA) is 79.8 Å². The van der Waals surface area contributed by atoms with E-state index in [2.05, 4.69) is 15.6 Å². The molecule has 2 N–H and O–H groups in total. The number of nitrogens with zero attached hydrogens (tertiary/aromatic N) is 1. The molecule has 6 nitrogen and oxygen atoms in total. The van der Waals surface area contributed by atoms with Gasteiger partial charge in [0.25, 0.3) is 0 Å². The summed E-state index contributed by atoms with van der Waals surface area (Å²) in [5, 5.41) is 6.45. The summed E-state index contributed by atoms with van der Waals surface area (Å²) < 4.78 is 29.0. The Kier molecular flexibility index (Phi) is 9.03. The molecule has 146 valence electrons. The van der Waals surface area contributed by atoms with E-state index in [4.69, 9.17) is 4.74 Å². The monoisotopic (exact) mass is 373 g/mol. The highest BCUT2D eigenvalue weighted by Gasteiger charge is 2.28. The van der Waals surface area contributed by atoms with Crippen molar-refractivity contribution in [2.45, 2.75) is 76.9 Å². The minimum atomic E-state index is -2.86. The SMILES string of the molecule is CCNC(=NCCCCCOC1CCCCC1)NC1CCS(=O)(=O)C1. The van der Waals surface area contributed by atoms with E-state index in [0.717, 1.165) is 44.9 Å². The first-order valence-corrected chi connectivity index (χ1v) is 11.8. The highest BCUT2D eigenvalue weighted by atomic mass is 32.2. The van der Waals surface area contributed by atoms with Crippen molar-refractivity contribution in [3.05, 3.63) is 0 Å². The van der Waals surface area contributed by atoms with Crippen LogP contribution in [0.2, 0.25) is 0 Å². The zero-order valence-electron chi connectivity index (χ0n) is 15.6. The van der Waals surface area contributed by atoms with Crippen LogP contribution in [-0.2, 0) is 14.6 Å². The van der Waals surface area contributed by atoms with Crippen LogP contribution in [0.4, 0.5) is 0 Å². The molecule has 1 atom stereocenters. The number of nitrogens with one attached hydrogen (secondary N) is 2. The Morgan fingerprint density at radius 1 is 1.12 bits per heavy atom. The van der Waals surface area contributed by atoms with Crippen LogP contribution in [-0.4, -0.2) is 57.7 Å². The Bertz CT molecular complexity index is 502. The van der Waals surface area contributed by atoms with Crippen LogP contribution in [0.1, 0.15) is 64.7 Å². The smallest absolute Gasteiger partial charge is 0.191 e. The summed E-state index contributed by atoms with van der Waals surface area (Å²) in [6, 6.07) is -0.00769. The molecular formula is C18H35N3O3S. The van der Waals surface area contributed by atoms with E-state index >= 15 is 0 Å². The number of unbranched alkanes of at least 4 members (excludes halogenated alkanes) is 2. The fourth-order valence-corrected chi connectivity index (χ4v) is 5.16. The summed E-state index contributed by atoms with van der Waals surface area (Å²) in [6.45, 7) is 4.43. The molecule has 1 saturated heterocycles. The molecule has 0 radical (unpaired) electrons. The number of sulfone groups is 1. The van der Waals surface area contributed by atoms with Gasteiger partial charge < -0.3 is 15.4 Å². The number of hydrogen-bond acceptors (Lipinski definition) is 4. The Balaban J connectivity index is 1.57. The number of rotatable bonds is 9. The first-order chi connectivity index (χ1) is 12.1. The van der Waals surface area contributed by atoms with E-state index in [1.165, 1.54) is 32.1 Å². The first-order valence-electron chi connectivity index (χ1n) is 9.96. The lowest BCUT2D eigenvalue weighted by atomic mass is 9.98. The summed E-state index contributed by atoms with van der Waals surface area (Å²) in [6.07, 6.45) is 10.9. The van der Waals surface area contributed by atoms with Crippen molar-refractivity contribution in [3.8, 4) is 0 Å². The maximum atomic E-state index is 11.5. The van der Waals surface area contributed by atoms with Gasteiger partial charge in [0.1, 0.15) is 0 Å². The van der Waals surface area contributed by atoms with Gasteiger partial charge in [-0.15, -0.1) is 0 Å². The maximum Gasteiger partial charge on any atom is 0.191 e. The molecule has 0 aromatic carbocycles. The highest BCUT2D eigenvalue weighted by molar-refractivity contribution is 7.91. The van der Waals surface area contributed by atoms with Crippen molar-refractivity contribution >= 4 is 15.8 Å². The first kappa shape index (κ1) is 20.5. The number of aliphatic imine (C=N–C) groups is 1. The van der Waals surface area contributed by atoms with E-state index in [0.29, 0.717) is 12.5 Å². The second-order valence-electron chi connectivity index (χ2n) is 7.20. The minimum absolute atomic E-state index is 0.00769. The third-order valence-corrected chi connectivity index (χ3v) is 6.66. The van der Waals surface area contributed by atoms with E-state index in [1.54, 1.807) is 0 Å². The van der Waals surface area contributed by atoms with Crippen molar-refractivity contribution in [2.75, 3.05) is 31.2 Å². The molecule has 1 saturated carbocycles. The van der Waals surface area contributed by atoms with Crippen LogP contribution < -0.4 is 10.6 Å². The molecule has 0 aromatic heterocycles. The zero-order chi connectivity index (χ0) is 18.0. The summed E-state index contributed by atoms with van der Waals surface area (Å²) in [5.74, 6) is 1.24. The lowest BCUT2D eigenvalue weighted by Crippen LogP contribution is -2.44. The van der Waals surface area contributed by atoms with Gasteiger partial charge >= 0.3 is 0 Å². The van der Waals surface area contributed by atoms with Gasteiger partial charge in [-0.3, -0.25) is 4.99 Å². The van der Waals surface area contributed by atoms with Gasteiger partial charge in [0, 0.05) is 25.7 Å². The van der Waals surface area contributed by atoms with Gasteiger partial charge in [-0.1, -0.05) is 19.3 Å². The molecule has 2 fully saturated rings. The molecule has 2 aliphatic rings. The van der Waals surface area contributed by atoms with E-state index in [9.17, 15) is 8.42 Å². The average molecular weight is 374 g/mol. The van der Waals surface area contributed by atoms with E-state index in [-0.39, 0.29) is 17.5 Å². The number of ether oxygens (including phenoxy) is 1. The third kappa shape index (κ3) is 8.40. The van der Waals surface area contributed by atoms with Crippen LogP contribution in [0.3, 0.4) is 0 Å². The molecule has 1 heterocycles. The van der Waals surface area contributed by atoms with Crippen LogP contribution in [0.15, 0.2) is 4.99 Å². The molecule has 2 rings (SSSR count). The average Bonchev–Trinajstić information content (AvgIpc) is 2.93. The fourth-order valence-electron chi connectivity index (χ4n) is 3.49. The summed E-state index contributed by atoms with van der Waals surface area (Å²) in [4.78, 5) is 4.57. The highest BCUT2D eigenvalue weighted by Crippen LogP contribution is 2.20. The van der Waals surface area contributed by atoms with Gasteiger partial charge in [-0.25, -0.2) is 8.42 Å². The Morgan fingerprint density at radius 2 is 1.92 bits per heavy atom. The predicted molar refractivity (Wildman–Crippen MR) is 103 cm³/mol. The largest absolute Gasteiger partial charge is 0.378 e. The van der Waals surface area contributed by atoms with Crippen molar-refractivity contribution in [1.82, 2.24) is 10.6 Å². The van der Waals surface area contributed by atoms with Gasteiger partial charge in [0.05, 0.1) is 17.6 Å². The maximum absolute atomic E-state index is 11.5. The van der Waals surface area contributed by atoms with E-state index < -0.39 is 9.84 Å². The molecule has 1 aliphatic carbocycles. The van der Waals surface area contributed by atoms with Crippen LogP contribution in [0.25, 0.3) is 0 Å². The lowest BCUT2D eigenvalue weighted by molar-refractivity contribution is 0.0264. The van der Waals surface area contributed by atoms with E-state index in [1.807, 2.05) is 6.92 Å². The van der Waals surface area contributed by atoms with Crippen molar-refractivity contribution in [3.63, 3.8) is 0 Å². The molecular weight excluding hydrogens is 338 g/mol.